The van der Waals surface area contributed by atoms with Crippen molar-refractivity contribution >= 4 is 59.9 Å². The van der Waals surface area contributed by atoms with E-state index in [9.17, 15) is 10.5 Å². The van der Waals surface area contributed by atoms with Gasteiger partial charge in [0, 0.05) is 22.2 Å². The molecule has 0 saturated carbocycles. The first-order chi connectivity index (χ1) is 19.2. The minimum absolute atomic E-state index is 0.246. The Hall–Kier alpha value is -5.21. The summed E-state index contributed by atoms with van der Waals surface area (Å²) >= 11 is 0. The van der Waals surface area contributed by atoms with Crippen LogP contribution in [0.2, 0.25) is 0 Å². The van der Waals surface area contributed by atoms with Crippen LogP contribution in [-0.4, -0.2) is 44.9 Å². The molecule has 4 heterocycles. The van der Waals surface area contributed by atoms with E-state index in [2.05, 4.69) is 22.1 Å². The predicted molar refractivity (Wildman–Crippen MR) is 156 cm³/mol. The number of hydrogen-bond donors (Lipinski definition) is 0. The highest BCUT2D eigenvalue weighted by atomic mass is 14.9. The molecular formula is C30H20B2N8. The molecule has 0 aliphatic heterocycles. The average molecular weight is 514 g/mol. The topological polar surface area (TPSA) is 109 Å². The Bertz CT molecular complexity index is 2100. The van der Waals surface area contributed by atoms with Gasteiger partial charge in [-0.25, -0.2) is 9.97 Å². The Kier molecular flexibility index (Phi) is 5.78. The molecule has 0 N–H and O–H groups in total. The van der Waals surface area contributed by atoms with Crippen LogP contribution in [-0.2, 0) is 0 Å². The van der Waals surface area contributed by atoms with Crippen molar-refractivity contribution in [2.75, 3.05) is 0 Å². The van der Waals surface area contributed by atoms with Crippen LogP contribution in [0, 0.1) is 50.4 Å². The van der Waals surface area contributed by atoms with Gasteiger partial charge in [-0.1, -0.05) is 12.1 Å². The molecule has 0 amide bonds. The molecule has 2 aromatic carbocycles. The summed E-state index contributed by atoms with van der Waals surface area (Å²) < 4.78 is 2.90. The third-order valence-corrected chi connectivity index (χ3v) is 7.26. The summed E-state index contributed by atoms with van der Waals surface area (Å²) in [6.45, 7) is 7.61. The molecule has 0 fully saturated rings. The van der Waals surface area contributed by atoms with Crippen molar-refractivity contribution < 1.29 is 0 Å². The fourth-order valence-corrected chi connectivity index (χ4v) is 5.19. The minimum Gasteiger partial charge on any atom is -0.399 e. The summed E-state index contributed by atoms with van der Waals surface area (Å²) in [5, 5.41) is 22.8. The summed E-state index contributed by atoms with van der Waals surface area (Å²) in [7, 11) is 13.2. The number of fused-ring (bicyclic) bond motifs is 3. The molecule has 0 aliphatic carbocycles. The molecular weight excluding hydrogens is 494 g/mol. The average Bonchev–Trinajstić information content (AvgIpc) is 3.35. The van der Waals surface area contributed by atoms with E-state index in [4.69, 9.17) is 25.9 Å². The Morgan fingerprint density at radius 2 is 1.05 bits per heavy atom. The van der Waals surface area contributed by atoms with Gasteiger partial charge in [0.15, 0.2) is 0 Å². The molecule has 40 heavy (non-hydrogen) atoms. The van der Waals surface area contributed by atoms with Gasteiger partial charge in [0.2, 0.25) is 16.0 Å². The van der Waals surface area contributed by atoms with Gasteiger partial charge in [-0.2, -0.15) is 10.5 Å². The SMILES string of the molecule is [B]n1c(C)c2/c(=C(\C#N)c3cnc4cc(C)ccc4n3)n([B])c(C)c2/c1=C(\C#N)c1cnc2cc(C)ccc2n1. The Labute approximate surface area is 232 Å². The summed E-state index contributed by atoms with van der Waals surface area (Å²) in [5.41, 5.74) is 7.44. The molecule has 10 heteroatoms. The van der Waals surface area contributed by atoms with Gasteiger partial charge >= 0.3 is 0 Å². The maximum absolute atomic E-state index is 10.3. The fourth-order valence-electron chi connectivity index (χ4n) is 5.19. The van der Waals surface area contributed by atoms with E-state index in [1.54, 1.807) is 12.4 Å². The van der Waals surface area contributed by atoms with Crippen molar-refractivity contribution in [3.8, 4) is 12.1 Å². The van der Waals surface area contributed by atoms with Gasteiger partial charge in [-0.15, -0.1) is 0 Å². The van der Waals surface area contributed by atoms with Crippen molar-refractivity contribution in [1.82, 2.24) is 28.9 Å². The summed E-state index contributed by atoms with van der Waals surface area (Å²) in [6, 6.07) is 16.1. The summed E-state index contributed by atoms with van der Waals surface area (Å²) in [4.78, 5) is 18.5. The first-order valence-electron chi connectivity index (χ1n) is 12.5. The Balaban J connectivity index is 1.72. The Morgan fingerprint density at radius 1 is 0.650 bits per heavy atom. The van der Waals surface area contributed by atoms with Crippen LogP contribution in [0.15, 0.2) is 48.8 Å². The number of benzene rings is 2. The molecule has 4 radical (unpaired) electrons. The van der Waals surface area contributed by atoms with Crippen molar-refractivity contribution in [1.29, 1.82) is 10.5 Å². The second kappa shape index (κ2) is 9.21. The molecule has 0 saturated heterocycles. The first kappa shape index (κ1) is 25.1. The van der Waals surface area contributed by atoms with Crippen LogP contribution in [0.5, 0.6) is 0 Å². The van der Waals surface area contributed by atoms with E-state index in [0.29, 0.717) is 55.3 Å². The molecule has 4 aromatic heterocycles. The third-order valence-electron chi connectivity index (χ3n) is 7.26. The molecule has 0 spiro atoms. The number of nitrogens with zero attached hydrogens (tertiary/aromatic N) is 8. The molecule has 6 aromatic rings. The zero-order valence-electron chi connectivity index (χ0n) is 22.4. The van der Waals surface area contributed by atoms with E-state index in [1.807, 2.05) is 64.1 Å². The Morgan fingerprint density at radius 3 is 1.43 bits per heavy atom. The second-order valence-electron chi connectivity index (χ2n) is 9.83. The number of aryl methyl sites for hydroxylation is 4. The molecule has 6 rings (SSSR count). The summed E-state index contributed by atoms with van der Waals surface area (Å²) in [6.07, 6.45) is 3.15. The van der Waals surface area contributed by atoms with E-state index >= 15 is 0 Å². The highest BCUT2D eigenvalue weighted by molar-refractivity contribution is 6.14. The summed E-state index contributed by atoms with van der Waals surface area (Å²) in [5.74, 6) is 0. The first-order valence-corrected chi connectivity index (χ1v) is 12.5. The normalized spacial score (nSPS) is 12.9. The molecule has 0 bridgehead atoms. The molecule has 0 aliphatic rings. The van der Waals surface area contributed by atoms with Crippen molar-refractivity contribution in [2.24, 2.45) is 0 Å². The van der Waals surface area contributed by atoms with Crippen molar-refractivity contribution in [2.45, 2.75) is 27.7 Å². The standard InChI is InChI=1S/C30H20B2N8/c1-15-5-7-21-23(9-15)35-13-25(37-21)19(11-33)29-27-17(3)40(32)30(28(27)18(4)39(29)31)20(12-34)26-14-36-24-10-16(2)6-8-22(24)38-26/h5-10,13-14H,1-4H3/b29-19-,30-20-. The number of hydrogen-bond acceptors (Lipinski definition) is 6. The van der Waals surface area contributed by atoms with Crippen LogP contribution < -0.4 is 10.7 Å². The number of rotatable bonds is 2. The van der Waals surface area contributed by atoms with Crippen LogP contribution in [0.1, 0.15) is 33.9 Å². The molecule has 186 valence electrons. The van der Waals surface area contributed by atoms with Gasteiger partial charge in [0.1, 0.15) is 34.7 Å². The lowest BCUT2D eigenvalue weighted by molar-refractivity contribution is 1.07. The van der Waals surface area contributed by atoms with Crippen molar-refractivity contribution in [3.05, 3.63) is 93.4 Å². The lowest BCUT2D eigenvalue weighted by Gasteiger charge is -2.07. The zero-order chi connectivity index (χ0) is 28.3. The van der Waals surface area contributed by atoms with E-state index in [0.717, 1.165) is 22.2 Å². The van der Waals surface area contributed by atoms with E-state index in [-0.39, 0.29) is 11.1 Å². The third kappa shape index (κ3) is 3.69. The van der Waals surface area contributed by atoms with Gasteiger partial charge < -0.3 is 8.96 Å². The van der Waals surface area contributed by atoms with Gasteiger partial charge in [-0.3, -0.25) is 9.97 Å². The quantitative estimate of drug-likeness (QED) is 0.329. The van der Waals surface area contributed by atoms with E-state index < -0.39 is 0 Å². The van der Waals surface area contributed by atoms with E-state index in [1.165, 1.54) is 8.96 Å². The predicted octanol–water partition coefficient (Wildman–Crippen LogP) is 2.87. The largest absolute Gasteiger partial charge is 0.399 e. The molecule has 8 nitrogen and oxygen atoms in total. The van der Waals surface area contributed by atoms with Crippen LogP contribution in [0.3, 0.4) is 0 Å². The molecule has 0 unspecified atom stereocenters. The monoisotopic (exact) mass is 514 g/mol. The van der Waals surface area contributed by atoms with Gasteiger partial charge in [0.25, 0.3) is 0 Å². The van der Waals surface area contributed by atoms with Crippen LogP contribution in [0.25, 0.3) is 44.0 Å². The van der Waals surface area contributed by atoms with Crippen LogP contribution in [0.4, 0.5) is 0 Å². The lowest BCUT2D eigenvalue weighted by atomic mass is 10.1. The van der Waals surface area contributed by atoms with Gasteiger partial charge in [-0.05, 0) is 63.1 Å². The highest BCUT2D eigenvalue weighted by Gasteiger charge is 2.22. The smallest absolute Gasteiger partial charge is 0.234 e. The number of nitriles is 2. The second-order valence-corrected chi connectivity index (χ2v) is 9.83. The van der Waals surface area contributed by atoms with Gasteiger partial charge in [0.05, 0.1) is 45.2 Å². The maximum Gasteiger partial charge on any atom is 0.234 e. The molecule has 0 atom stereocenters. The maximum atomic E-state index is 10.3. The highest BCUT2D eigenvalue weighted by Crippen LogP contribution is 2.23. The lowest BCUT2D eigenvalue weighted by Crippen LogP contribution is -2.24. The fraction of sp³-hybridized carbons (Fsp3) is 0.133. The zero-order valence-corrected chi connectivity index (χ0v) is 22.4. The minimum atomic E-state index is 0.246. The van der Waals surface area contributed by atoms with Crippen LogP contribution >= 0.6 is 0 Å². The number of aromatic nitrogens is 6. The van der Waals surface area contributed by atoms with Crippen molar-refractivity contribution in [3.63, 3.8) is 0 Å².